The summed E-state index contributed by atoms with van der Waals surface area (Å²) in [6.45, 7) is 0. The summed E-state index contributed by atoms with van der Waals surface area (Å²) >= 11 is 0. The van der Waals surface area contributed by atoms with Crippen molar-refractivity contribution in [3.8, 4) is 0 Å². The van der Waals surface area contributed by atoms with Gasteiger partial charge in [-0.15, -0.1) is 0 Å². The van der Waals surface area contributed by atoms with Crippen molar-refractivity contribution in [3.05, 3.63) is 29.8 Å². The molecule has 0 bridgehead atoms. The highest BCUT2D eigenvalue weighted by atomic mass is 16.4. The van der Waals surface area contributed by atoms with Crippen molar-refractivity contribution < 1.29 is 19.9 Å². The molecule has 1 aromatic carbocycles. The minimum atomic E-state index is -1.55. The summed E-state index contributed by atoms with van der Waals surface area (Å²) < 4.78 is 0. The van der Waals surface area contributed by atoms with Crippen LogP contribution in [0.1, 0.15) is 11.6 Å². The predicted octanol–water partition coefficient (Wildman–Crippen LogP) is -1.55. The number of carboxylic acids is 1. The average Bonchev–Trinajstić information content (AvgIpc) is 2.16. The second-order valence-corrected chi connectivity index (χ2v) is 2.86. The van der Waals surface area contributed by atoms with Gasteiger partial charge in [-0.2, -0.15) is 0 Å². The van der Waals surface area contributed by atoms with Crippen LogP contribution < -0.4 is 11.2 Å². The minimum absolute atomic E-state index is 0.298. The average molecular weight is 195 g/mol. The molecule has 14 heavy (non-hydrogen) atoms. The lowest BCUT2D eigenvalue weighted by Gasteiger charge is -2.07. The van der Waals surface area contributed by atoms with Crippen LogP contribution in [0, 0.1) is 0 Å². The predicted molar refractivity (Wildman–Crippen MR) is 50.8 cm³/mol. The summed E-state index contributed by atoms with van der Waals surface area (Å²) in [6, 6.07) is 4.66. The van der Waals surface area contributed by atoms with Crippen LogP contribution >= 0.6 is 0 Å². The molecule has 0 aromatic heterocycles. The highest BCUT2D eigenvalue weighted by molar-refractivity contribution is 6.58. The molecule has 0 aliphatic carbocycles. The van der Waals surface area contributed by atoms with Gasteiger partial charge in [0.1, 0.15) is 6.04 Å². The lowest BCUT2D eigenvalue weighted by atomic mass is 9.80. The lowest BCUT2D eigenvalue weighted by molar-refractivity contribution is -0.138. The van der Waals surface area contributed by atoms with Gasteiger partial charge >= 0.3 is 13.1 Å². The zero-order valence-electron chi connectivity index (χ0n) is 7.29. The van der Waals surface area contributed by atoms with Crippen molar-refractivity contribution in [2.45, 2.75) is 6.04 Å². The maximum absolute atomic E-state index is 10.5. The van der Waals surface area contributed by atoms with E-state index >= 15 is 0 Å². The minimum Gasteiger partial charge on any atom is -0.480 e. The molecule has 1 unspecified atom stereocenters. The molecule has 0 radical (unpaired) electrons. The maximum atomic E-state index is 10.5. The number of hydrogen-bond donors (Lipinski definition) is 4. The van der Waals surface area contributed by atoms with E-state index in [-0.39, 0.29) is 0 Å². The van der Waals surface area contributed by atoms with Gasteiger partial charge in [0, 0.05) is 0 Å². The summed E-state index contributed by atoms with van der Waals surface area (Å²) in [5.41, 5.74) is 6.06. The Bertz CT molecular complexity index is 325. The largest absolute Gasteiger partial charge is 0.488 e. The molecule has 5 N–H and O–H groups in total. The molecule has 6 heteroatoms. The van der Waals surface area contributed by atoms with E-state index in [2.05, 4.69) is 0 Å². The van der Waals surface area contributed by atoms with E-state index in [9.17, 15) is 4.79 Å². The van der Waals surface area contributed by atoms with Crippen molar-refractivity contribution in [2.24, 2.45) is 5.73 Å². The zero-order valence-corrected chi connectivity index (χ0v) is 7.29. The van der Waals surface area contributed by atoms with Gasteiger partial charge in [0.25, 0.3) is 0 Å². The fraction of sp³-hybridized carbons (Fsp3) is 0.125. The van der Waals surface area contributed by atoms with Crippen LogP contribution in [0.4, 0.5) is 0 Å². The first-order valence-electron chi connectivity index (χ1n) is 3.96. The van der Waals surface area contributed by atoms with E-state index in [1.54, 1.807) is 0 Å². The highest BCUT2D eigenvalue weighted by Gasteiger charge is 2.15. The van der Waals surface area contributed by atoms with Crippen LogP contribution in [0.5, 0.6) is 0 Å². The number of aliphatic carboxylic acids is 1. The van der Waals surface area contributed by atoms with Gasteiger partial charge in [-0.05, 0) is 11.0 Å². The summed E-state index contributed by atoms with van der Waals surface area (Å²) in [5, 5.41) is 26.1. The number of hydrogen-bond acceptors (Lipinski definition) is 4. The molecule has 0 aliphatic heterocycles. The Labute approximate surface area is 80.9 Å². The highest BCUT2D eigenvalue weighted by Crippen LogP contribution is 2.08. The SMILES string of the molecule is NC(C(=O)O)c1ccc(B(O)O)cc1. The second kappa shape index (κ2) is 4.23. The Balaban J connectivity index is 2.88. The first-order valence-corrected chi connectivity index (χ1v) is 3.96. The Hall–Kier alpha value is -1.37. The van der Waals surface area contributed by atoms with E-state index in [4.69, 9.17) is 20.9 Å². The summed E-state index contributed by atoms with van der Waals surface area (Å²) in [5.74, 6) is -1.12. The topological polar surface area (TPSA) is 104 Å². The first-order chi connectivity index (χ1) is 6.52. The van der Waals surface area contributed by atoms with Crippen LogP contribution in [0.25, 0.3) is 0 Å². The third kappa shape index (κ3) is 2.32. The monoisotopic (exact) mass is 195 g/mol. The van der Waals surface area contributed by atoms with Gasteiger partial charge in [-0.25, -0.2) is 0 Å². The summed E-state index contributed by atoms with van der Waals surface area (Å²) in [7, 11) is -1.55. The van der Waals surface area contributed by atoms with Crippen LogP contribution in [-0.4, -0.2) is 28.2 Å². The molecule has 0 aliphatic rings. The quantitative estimate of drug-likeness (QED) is 0.437. The third-order valence-electron chi connectivity index (χ3n) is 1.86. The molecule has 0 amide bonds. The Morgan fingerprint density at radius 1 is 1.29 bits per heavy atom. The molecule has 1 atom stereocenters. The van der Waals surface area contributed by atoms with E-state index < -0.39 is 19.1 Å². The molecule has 0 heterocycles. The van der Waals surface area contributed by atoms with Gasteiger partial charge in [0.05, 0.1) is 0 Å². The van der Waals surface area contributed by atoms with Crippen LogP contribution in [-0.2, 0) is 4.79 Å². The maximum Gasteiger partial charge on any atom is 0.488 e. The number of nitrogens with two attached hydrogens (primary N) is 1. The fourth-order valence-electron chi connectivity index (χ4n) is 1.02. The molecule has 0 saturated carbocycles. The lowest BCUT2D eigenvalue weighted by Crippen LogP contribution is -2.30. The van der Waals surface area contributed by atoms with Crippen LogP contribution in [0.2, 0.25) is 0 Å². The Morgan fingerprint density at radius 3 is 2.14 bits per heavy atom. The van der Waals surface area contributed by atoms with Crippen molar-refractivity contribution in [1.29, 1.82) is 0 Å². The molecular weight excluding hydrogens is 185 g/mol. The molecule has 74 valence electrons. The molecule has 1 aromatic rings. The van der Waals surface area contributed by atoms with Crippen LogP contribution in [0.15, 0.2) is 24.3 Å². The summed E-state index contributed by atoms with van der Waals surface area (Å²) in [4.78, 5) is 10.5. The molecule has 1 rings (SSSR count). The van der Waals surface area contributed by atoms with E-state index in [1.165, 1.54) is 24.3 Å². The zero-order chi connectivity index (χ0) is 10.7. The Morgan fingerprint density at radius 2 is 1.79 bits per heavy atom. The van der Waals surface area contributed by atoms with Gasteiger partial charge < -0.3 is 20.9 Å². The number of carbonyl (C=O) groups is 1. The van der Waals surface area contributed by atoms with Gasteiger partial charge in [-0.3, -0.25) is 4.79 Å². The van der Waals surface area contributed by atoms with Crippen molar-refractivity contribution >= 4 is 18.6 Å². The number of rotatable bonds is 3. The van der Waals surface area contributed by atoms with Crippen LogP contribution in [0.3, 0.4) is 0 Å². The molecule has 5 nitrogen and oxygen atoms in total. The van der Waals surface area contributed by atoms with Gasteiger partial charge in [0.2, 0.25) is 0 Å². The third-order valence-corrected chi connectivity index (χ3v) is 1.86. The number of benzene rings is 1. The molecule has 0 fully saturated rings. The summed E-state index contributed by atoms with van der Waals surface area (Å²) in [6.07, 6.45) is 0. The fourth-order valence-corrected chi connectivity index (χ4v) is 1.02. The van der Waals surface area contributed by atoms with Gasteiger partial charge in [-0.1, -0.05) is 24.3 Å². The number of carboxylic acid groups (broad SMARTS) is 1. The normalized spacial score (nSPS) is 12.2. The standard InChI is InChI=1S/C8H10BNO4/c10-7(8(11)12)5-1-3-6(4-2-5)9(13)14/h1-4,7,13-14H,10H2,(H,11,12). The van der Waals surface area contributed by atoms with Crippen molar-refractivity contribution in [2.75, 3.05) is 0 Å². The smallest absolute Gasteiger partial charge is 0.480 e. The van der Waals surface area contributed by atoms with E-state index in [0.717, 1.165) is 0 Å². The molecular formula is C8H10BNO4. The first kappa shape index (κ1) is 10.7. The second-order valence-electron chi connectivity index (χ2n) is 2.86. The van der Waals surface area contributed by atoms with Crippen molar-refractivity contribution in [1.82, 2.24) is 0 Å². The van der Waals surface area contributed by atoms with Gasteiger partial charge in [0.15, 0.2) is 0 Å². The van der Waals surface area contributed by atoms with E-state index in [1.807, 2.05) is 0 Å². The Kier molecular flexibility index (Phi) is 3.24. The molecule has 0 spiro atoms. The van der Waals surface area contributed by atoms with E-state index in [0.29, 0.717) is 11.0 Å². The van der Waals surface area contributed by atoms with Crippen molar-refractivity contribution in [3.63, 3.8) is 0 Å². The molecule has 0 saturated heterocycles.